The number of ether oxygens (including phenoxy) is 2. The van der Waals surface area contributed by atoms with Crippen molar-refractivity contribution < 1.29 is 19.7 Å². The summed E-state index contributed by atoms with van der Waals surface area (Å²) >= 11 is 6.03. The molecule has 4 atom stereocenters. The molecule has 0 bridgehead atoms. The van der Waals surface area contributed by atoms with Gasteiger partial charge in [0.15, 0.2) is 6.23 Å². The fourth-order valence-corrected chi connectivity index (χ4v) is 2.80. The van der Waals surface area contributed by atoms with E-state index in [-0.39, 0.29) is 17.7 Å². The summed E-state index contributed by atoms with van der Waals surface area (Å²) in [5.41, 5.74) is 6.10. The molecular formula is C12H15ClN4O4. The van der Waals surface area contributed by atoms with E-state index in [1.807, 2.05) is 0 Å². The van der Waals surface area contributed by atoms with Crippen molar-refractivity contribution in [1.29, 1.82) is 0 Å². The molecule has 1 aliphatic heterocycles. The molecule has 4 N–H and O–H groups in total. The third-order valence-corrected chi connectivity index (χ3v) is 3.87. The normalized spacial score (nSPS) is 29.3. The van der Waals surface area contributed by atoms with Crippen LogP contribution < -0.4 is 5.73 Å². The number of hydrogen-bond donors (Lipinski definition) is 3. The summed E-state index contributed by atoms with van der Waals surface area (Å²) in [6, 6.07) is 1.73. The van der Waals surface area contributed by atoms with Gasteiger partial charge in [-0.2, -0.15) is 4.98 Å². The van der Waals surface area contributed by atoms with E-state index < -0.39 is 24.5 Å². The summed E-state index contributed by atoms with van der Waals surface area (Å²) in [6.45, 7) is -0.311. The lowest BCUT2D eigenvalue weighted by molar-refractivity contribution is -0.0580. The lowest BCUT2D eigenvalue weighted by Gasteiger charge is -2.20. The molecule has 3 heterocycles. The zero-order valence-corrected chi connectivity index (χ0v) is 11.9. The van der Waals surface area contributed by atoms with Crippen LogP contribution in [0.2, 0.25) is 5.15 Å². The van der Waals surface area contributed by atoms with Gasteiger partial charge in [0.1, 0.15) is 29.1 Å². The maximum atomic E-state index is 10.1. The summed E-state index contributed by atoms with van der Waals surface area (Å²) in [4.78, 5) is 8.04. The van der Waals surface area contributed by atoms with Crippen molar-refractivity contribution in [3.05, 3.63) is 17.4 Å². The lowest BCUT2D eigenvalue weighted by atomic mass is 10.1. The molecule has 0 spiro atoms. The molecule has 0 radical (unpaired) electrons. The number of nitrogens with zero attached hydrogens (tertiary/aromatic N) is 3. The summed E-state index contributed by atoms with van der Waals surface area (Å²) in [5.74, 6) is 0.0404. The molecule has 0 amide bonds. The zero-order chi connectivity index (χ0) is 15.1. The van der Waals surface area contributed by atoms with E-state index in [1.54, 1.807) is 16.8 Å². The van der Waals surface area contributed by atoms with Crippen molar-refractivity contribution in [3.63, 3.8) is 0 Å². The number of halogens is 1. The molecule has 2 aromatic rings. The van der Waals surface area contributed by atoms with Gasteiger partial charge in [-0.05, 0) is 6.07 Å². The quantitative estimate of drug-likeness (QED) is 0.679. The van der Waals surface area contributed by atoms with Crippen LogP contribution in [0.5, 0.6) is 0 Å². The smallest absolute Gasteiger partial charge is 0.223 e. The number of methoxy groups -OCH3 is 1. The second-order valence-electron chi connectivity index (χ2n) is 4.77. The van der Waals surface area contributed by atoms with Crippen LogP contribution in [0.4, 0.5) is 5.95 Å². The van der Waals surface area contributed by atoms with Gasteiger partial charge in [0.25, 0.3) is 0 Å². The zero-order valence-electron chi connectivity index (χ0n) is 11.2. The average molecular weight is 315 g/mol. The van der Waals surface area contributed by atoms with Gasteiger partial charge in [0.05, 0.1) is 12.0 Å². The summed E-state index contributed by atoms with van der Waals surface area (Å²) in [6.07, 6.45) is -1.27. The number of anilines is 1. The maximum absolute atomic E-state index is 10.1. The minimum Gasteiger partial charge on any atom is -0.394 e. The molecule has 0 saturated carbocycles. The highest BCUT2D eigenvalue weighted by Crippen LogP contribution is 2.34. The van der Waals surface area contributed by atoms with Crippen molar-refractivity contribution in [1.82, 2.24) is 14.5 Å². The minimum atomic E-state index is -0.947. The average Bonchev–Trinajstić information content (AvgIpc) is 2.99. The maximum Gasteiger partial charge on any atom is 0.223 e. The Kier molecular flexibility index (Phi) is 3.72. The lowest BCUT2D eigenvalue weighted by Crippen LogP contribution is -2.34. The van der Waals surface area contributed by atoms with Crippen LogP contribution in [0, 0.1) is 0 Å². The first kappa shape index (κ1) is 14.5. The van der Waals surface area contributed by atoms with Gasteiger partial charge in [-0.25, -0.2) is 4.98 Å². The summed E-state index contributed by atoms with van der Waals surface area (Å²) < 4.78 is 12.6. The first-order chi connectivity index (χ1) is 10.1. The molecule has 1 fully saturated rings. The highest BCUT2D eigenvalue weighted by molar-refractivity contribution is 6.34. The van der Waals surface area contributed by atoms with E-state index in [0.717, 1.165) is 0 Å². The Morgan fingerprint density at radius 1 is 1.52 bits per heavy atom. The van der Waals surface area contributed by atoms with Crippen LogP contribution in [0.15, 0.2) is 12.3 Å². The Bertz CT molecular complexity index is 664. The van der Waals surface area contributed by atoms with Crippen LogP contribution in [0.3, 0.4) is 0 Å². The molecule has 0 unspecified atom stereocenters. The summed E-state index contributed by atoms with van der Waals surface area (Å²) in [7, 11) is 1.46. The van der Waals surface area contributed by atoms with E-state index in [2.05, 4.69) is 9.97 Å². The second kappa shape index (κ2) is 5.39. The molecule has 21 heavy (non-hydrogen) atoms. The van der Waals surface area contributed by atoms with E-state index in [1.165, 1.54) is 7.11 Å². The molecular weight excluding hydrogens is 300 g/mol. The van der Waals surface area contributed by atoms with E-state index >= 15 is 0 Å². The molecule has 0 aromatic carbocycles. The first-order valence-corrected chi connectivity index (χ1v) is 6.71. The fraction of sp³-hybridized carbons (Fsp3) is 0.500. The first-order valence-electron chi connectivity index (χ1n) is 6.33. The molecule has 2 aromatic heterocycles. The Morgan fingerprint density at radius 2 is 2.29 bits per heavy atom. The SMILES string of the molecule is CO[C@@H]1[C@H](O)[C@@H](CO)O[C@H]1n1ccc2c(Cl)nc(N)nc21. The Labute approximate surface area is 125 Å². The predicted molar refractivity (Wildman–Crippen MR) is 74.8 cm³/mol. The number of aliphatic hydroxyl groups is 2. The number of rotatable bonds is 3. The molecule has 1 saturated heterocycles. The van der Waals surface area contributed by atoms with Gasteiger partial charge in [-0.15, -0.1) is 0 Å². The monoisotopic (exact) mass is 314 g/mol. The standard InChI is InChI=1S/C12H15ClN4O4/c1-20-8-7(19)6(4-18)21-11(8)17-3-2-5-9(13)15-12(14)16-10(5)17/h2-3,6-8,11,18-19H,4H2,1H3,(H2,14,15,16)/t6-,7-,8-,11-/m1/s1. The van der Waals surface area contributed by atoms with E-state index in [9.17, 15) is 10.2 Å². The number of nitrogens with two attached hydrogens (primary N) is 1. The van der Waals surface area contributed by atoms with Gasteiger partial charge in [0, 0.05) is 13.3 Å². The number of nitrogen functional groups attached to an aromatic ring is 1. The topological polar surface area (TPSA) is 116 Å². The van der Waals surface area contributed by atoms with Crippen molar-refractivity contribution >= 4 is 28.6 Å². The van der Waals surface area contributed by atoms with Crippen LogP contribution in [0.1, 0.15) is 6.23 Å². The highest BCUT2D eigenvalue weighted by atomic mass is 35.5. The third kappa shape index (κ3) is 2.25. The largest absolute Gasteiger partial charge is 0.394 e. The van der Waals surface area contributed by atoms with Gasteiger partial charge in [-0.1, -0.05) is 11.6 Å². The molecule has 9 heteroatoms. The fourth-order valence-electron chi connectivity index (χ4n) is 2.57. The summed E-state index contributed by atoms with van der Waals surface area (Å²) in [5, 5.41) is 20.2. The van der Waals surface area contributed by atoms with Crippen LogP contribution in [-0.4, -0.2) is 56.8 Å². The Morgan fingerprint density at radius 3 is 2.95 bits per heavy atom. The van der Waals surface area contributed by atoms with Gasteiger partial charge in [-0.3, -0.25) is 0 Å². The highest BCUT2D eigenvalue weighted by Gasteiger charge is 2.45. The van der Waals surface area contributed by atoms with Gasteiger partial charge >= 0.3 is 0 Å². The number of fused-ring (bicyclic) bond motifs is 1. The minimum absolute atomic E-state index is 0.0404. The molecule has 0 aliphatic carbocycles. The van der Waals surface area contributed by atoms with E-state index in [0.29, 0.717) is 11.0 Å². The Hall–Kier alpha value is -1.45. The molecule has 8 nitrogen and oxygen atoms in total. The second-order valence-corrected chi connectivity index (χ2v) is 5.13. The van der Waals surface area contributed by atoms with Crippen LogP contribution in [0.25, 0.3) is 11.0 Å². The number of hydrogen-bond acceptors (Lipinski definition) is 7. The van der Waals surface area contributed by atoms with Gasteiger partial charge in [0.2, 0.25) is 5.95 Å². The van der Waals surface area contributed by atoms with Crippen LogP contribution >= 0.6 is 11.6 Å². The van der Waals surface area contributed by atoms with Crippen molar-refractivity contribution in [2.75, 3.05) is 19.5 Å². The number of aromatic nitrogens is 3. The van der Waals surface area contributed by atoms with Gasteiger partial charge < -0.3 is 30.0 Å². The van der Waals surface area contributed by atoms with Crippen LogP contribution in [-0.2, 0) is 9.47 Å². The van der Waals surface area contributed by atoms with Crippen molar-refractivity contribution in [3.8, 4) is 0 Å². The molecule has 114 valence electrons. The Balaban J connectivity index is 2.08. The number of aliphatic hydroxyl groups excluding tert-OH is 2. The molecule has 3 rings (SSSR count). The van der Waals surface area contributed by atoms with E-state index in [4.69, 9.17) is 26.8 Å². The van der Waals surface area contributed by atoms with Crippen molar-refractivity contribution in [2.24, 2.45) is 0 Å². The van der Waals surface area contributed by atoms with Crippen molar-refractivity contribution in [2.45, 2.75) is 24.5 Å². The predicted octanol–water partition coefficient (Wildman–Crippen LogP) is -0.0675. The molecule has 1 aliphatic rings. The third-order valence-electron chi connectivity index (χ3n) is 3.58.